The molecule has 0 aliphatic rings. The summed E-state index contributed by atoms with van der Waals surface area (Å²) in [6.07, 6.45) is 1.50. The number of hydrogen-bond donors (Lipinski definition) is 2. The lowest BCUT2D eigenvalue weighted by atomic mass is 10.0. The zero-order chi connectivity index (χ0) is 16.9. The Morgan fingerprint density at radius 3 is 2.62 bits per heavy atom. The molecule has 0 radical (unpaired) electrons. The standard InChI is InChI=1S/C20H18N2O2/c1-14-5-2-3-8-18(14)16-6-4-7-17(11-16)22-20(24)19-10-9-15(13-23)12-21-19/h2-12,23H,13H2,1H3,(H,22,24). The van der Waals surface area contributed by atoms with Crippen molar-refractivity contribution >= 4 is 11.6 Å². The predicted molar refractivity (Wildman–Crippen MR) is 94.7 cm³/mol. The smallest absolute Gasteiger partial charge is 0.274 e. The number of carbonyl (C=O) groups is 1. The monoisotopic (exact) mass is 318 g/mol. The summed E-state index contributed by atoms with van der Waals surface area (Å²) in [7, 11) is 0. The molecule has 0 atom stereocenters. The fraction of sp³-hybridized carbons (Fsp3) is 0.100. The lowest BCUT2D eigenvalue weighted by molar-refractivity contribution is 0.102. The Labute approximate surface area is 140 Å². The van der Waals surface area contributed by atoms with Gasteiger partial charge in [-0.25, -0.2) is 0 Å². The number of carbonyl (C=O) groups excluding carboxylic acids is 1. The van der Waals surface area contributed by atoms with E-state index < -0.39 is 0 Å². The molecule has 4 heteroatoms. The number of benzene rings is 2. The van der Waals surface area contributed by atoms with Crippen molar-refractivity contribution in [2.45, 2.75) is 13.5 Å². The van der Waals surface area contributed by atoms with Gasteiger partial charge in [0.1, 0.15) is 5.69 Å². The number of hydrogen-bond acceptors (Lipinski definition) is 3. The van der Waals surface area contributed by atoms with Crippen LogP contribution in [0.3, 0.4) is 0 Å². The van der Waals surface area contributed by atoms with Gasteiger partial charge in [0.2, 0.25) is 0 Å². The molecule has 3 aromatic rings. The van der Waals surface area contributed by atoms with Crippen molar-refractivity contribution in [3.05, 3.63) is 83.7 Å². The van der Waals surface area contributed by atoms with Gasteiger partial charge in [-0.15, -0.1) is 0 Å². The lowest BCUT2D eigenvalue weighted by Crippen LogP contribution is -2.13. The molecule has 0 fully saturated rings. The first-order valence-electron chi connectivity index (χ1n) is 7.70. The maximum atomic E-state index is 12.3. The van der Waals surface area contributed by atoms with Crippen molar-refractivity contribution in [3.63, 3.8) is 0 Å². The number of amides is 1. The topological polar surface area (TPSA) is 62.2 Å². The highest BCUT2D eigenvalue weighted by Crippen LogP contribution is 2.25. The van der Waals surface area contributed by atoms with E-state index in [1.165, 1.54) is 11.8 Å². The first-order valence-corrected chi connectivity index (χ1v) is 7.70. The van der Waals surface area contributed by atoms with Gasteiger partial charge in [-0.05, 0) is 47.4 Å². The normalized spacial score (nSPS) is 10.4. The predicted octanol–water partition coefficient (Wildman–Crippen LogP) is 3.80. The van der Waals surface area contributed by atoms with Crippen molar-refractivity contribution in [2.24, 2.45) is 0 Å². The molecule has 3 rings (SSSR count). The Kier molecular flexibility index (Phi) is 4.68. The average Bonchev–Trinajstić information content (AvgIpc) is 2.62. The third-order valence-corrected chi connectivity index (χ3v) is 3.82. The molecule has 0 saturated heterocycles. The summed E-state index contributed by atoms with van der Waals surface area (Å²) >= 11 is 0. The van der Waals surface area contributed by atoms with Gasteiger partial charge in [0, 0.05) is 11.9 Å². The van der Waals surface area contributed by atoms with Crippen LogP contribution >= 0.6 is 0 Å². The Hall–Kier alpha value is -2.98. The summed E-state index contributed by atoms with van der Waals surface area (Å²) in [6, 6.07) is 19.2. The fourth-order valence-corrected chi connectivity index (χ4v) is 2.51. The zero-order valence-electron chi connectivity index (χ0n) is 13.4. The van der Waals surface area contributed by atoms with Crippen LogP contribution < -0.4 is 5.32 Å². The summed E-state index contributed by atoms with van der Waals surface area (Å²) in [5.41, 5.74) is 5.08. The number of anilines is 1. The summed E-state index contributed by atoms with van der Waals surface area (Å²) in [5.74, 6) is -0.276. The van der Waals surface area contributed by atoms with Gasteiger partial charge in [-0.3, -0.25) is 9.78 Å². The van der Waals surface area contributed by atoms with Crippen molar-refractivity contribution in [3.8, 4) is 11.1 Å². The molecular weight excluding hydrogens is 300 g/mol. The molecule has 2 aromatic carbocycles. The summed E-state index contributed by atoms with van der Waals surface area (Å²) in [5, 5.41) is 11.9. The number of aliphatic hydroxyl groups excluding tert-OH is 1. The third kappa shape index (κ3) is 3.50. The molecule has 0 aliphatic carbocycles. The molecule has 1 aromatic heterocycles. The van der Waals surface area contributed by atoms with E-state index in [1.54, 1.807) is 12.1 Å². The van der Waals surface area contributed by atoms with Crippen LogP contribution in [-0.2, 0) is 6.61 Å². The maximum Gasteiger partial charge on any atom is 0.274 e. The number of nitrogens with one attached hydrogen (secondary N) is 1. The number of rotatable bonds is 4. The maximum absolute atomic E-state index is 12.3. The summed E-state index contributed by atoms with van der Waals surface area (Å²) in [4.78, 5) is 16.4. The second-order valence-electron chi connectivity index (χ2n) is 5.56. The van der Waals surface area contributed by atoms with Crippen LogP contribution in [0.2, 0.25) is 0 Å². The quantitative estimate of drug-likeness (QED) is 0.769. The Balaban J connectivity index is 1.81. The first-order chi connectivity index (χ1) is 11.7. The molecule has 24 heavy (non-hydrogen) atoms. The second kappa shape index (κ2) is 7.06. The average molecular weight is 318 g/mol. The highest BCUT2D eigenvalue weighted by atomic mass is 16.3. The lowest BCUT2D eigenvalue weighted by Gasteiger charge is -2.09. The molecule has 0 unspecified atom stereocenters. The molecule has 0 saturated carbocycles. The molecule has 1 amide bonds. The molecular formula is C20H18N2O2. The van der Waals surface area contributed by atoms with Crippen LogP contribution in [0.1, 0.15) is 21.6 Å². The number of aliphatic hydroxyl groups is 1. The van der Waals surface area contributed by atoms with E-state index in [-0.39, 0.29) is 12.5 Å². The summed E-state index contributed by atoms with van der Waals surface area (Å²) in [6.45, 7) is 1.97. The van der Waals surface area contributed by atoms with Crippen molar-refractivity contribution < 1.29 is 9.90 Å². The van der Waals surface area contributed by atoms with Gasteiger partial charge in [0.05, 0.1) is 6.61 Å². The fourth-order valence-electron chi connectivity index (χ4n) is 2.51. The van der Waals surface area contributed by atoms with Gasteiger partial charge < -0.3 is 10.4 Å². The molecule has 4 nitrogen and oxygen atoms in total. The van der Waals surface area contributed by atoms with Gasteiger partial charge in [0.25, 0.3) is 5.91 Å². The Morgan fingerprint density at radius 1 is 1.08 bits per heavy atom. The molecule has 0 bridgehead atoms. The number of aromatic nitrogens is 1. The molecule has 2 N–H and O–H groups in total. The van der Waals surface area contributed by atoms with E-state index in [1.807, 2.05) is 36.4 Å². The largest absolute Gasteiger partial charge is 0.392 e. The number of pyridine rings is 1. The van der Waals surface area contributed by atoms with Gasteiger partial charge >= 0.3 is 0 Å². The highest BCUT2D eigenvalue weighted by molar-refractivity contribution is 6.03. The van der Waals surface area contributed by atoms with E-state index in [2.05, 4.69) is 29.4 Å². The Morgan fingerprint density at radius 2 is 1.92 bits per heavy atom. The molecule has 1 heterocycles. The van der Waals surface area contributed by atoms with E-state index in [0.717, 1.165) is 11.1 Å². The molecule has 0 aliphatic heterocycles. The van der Waals surface area contributed by atoms with Crippen molar-refractivity contribution in [2.75, 3.05) is 5.32 Å². The van der Waals surface area contributed by atoms with Crippen LogP contribution in [0.5, 0.6) is 0 Å². The minimum Gasteiger partial charge on any atom is -0.392 e. The minimum atomic E-state index is -0.276. The van der Waals surface area contributed by atoms with E-state index >= 15 is 0 Å². The number of aryl methyl sites for hydroxylation is 1. The Bertz CT molecular complexity index is 858. The zero-order valence-corrected chi connectivity index (χ0v) is 13.4. The van der Waals surface area contributed by atoms with Crippen LogP contribution in [0.25, 0.3) is 11.1 Å². The van der Waals surface area contributed by atoms with Crippen LogP contribution in [0.4, 0.5) is 5.69 Å². The van der Waals surface area contributed by atoms with Crippen molar-refractivity contribution in [1.29, 1.82) is 0 Å². The van der Waals surface area contributed by atoms with Crippen LogP contribution in [0.15, 0.2) is 66.9 Å². The molecule has 0 spiro atoms. The van der Waals surface area contributed by atoms with Crippen LogP contribution in [-0.4, -0.2) is 16.0 Å². The van der Waals surface area contributed by atoms with Crippen LogP contribution in [0, 0.1) is 6.92 Å². The van der Waals surface area contributed by atoms with Gasteiger partial charge in [0.15, 0.2) is 0 Å². The second-order valence-corrected chi connectivity index (χ2v) is 5.56. The van der Waals surface area contributed by atoms with E-state index in [4.69, 9.17) is 5.11 Å². The molecule has 120 valence electrons. The van der Waals surface area contributed by atoms with E-state index in [0.29, 0.717) is 16.9 Å². The number of nitrogens with zero attached hydrogens (tertiary/aromatic N) is 1. The first kappa shape index (κ1) is 15.9. The third-order valence-electron chi connectivity index (χ3n) is 3.82. The summed E-state index contributed by atoms with van der Waals surface area (Å²) < 4.78 is 0. The SMILES string of the molecule is Cc1ccccc1-c1cccc(NC(=O)c2ccc(CO)cn2)c1. The van der Waals surface area contributed by atoms with Crippen molar-refractivity contribution in [1.82, 2.24) is 4.98 Å². The van der Waals surface area contributed by atoms with Gasteiger partial charge in [-0.2, -0.15) is 0 Å². The van der Waals surface area contributed by atoms with Gasteiger partial charge in [-0.1, -0.05) is 42.5 Å². The minimum absolute atomic E-state index is 0.0899. The highest BCUT2D eigenvalue weighted by Gasteiger charge is 2.09. The van der Waals surface area contributed by atoms with E-state index in [9.17, 15) is 4.79 Å².